The van der Waals surface area contributed by atoms with Crippen LogP contribution in [0.1, 0.15) is 79.9 Å². The second-order valence-electron chi connectivity index (χ2n) is 12.8. The summed E-state index contributed by atoms with van der Waals surface area (Å²) in [5.74, 6) is 0. The Bertz CT molecular complexity index is 1820. The number of nitrogens with two attached hydrogens (primary N) is 1. The first-order chi connectivity index (χ1) is 27.8. The molecule has 2 aromatic carbocycles. The zero-order valence-corrected chi connectivity index (χ0v) is 41.5. The van der Waals surface area contributed by atoms with E-state index in [0.717, 1.165) is 69.0 Å². The van der Waals surface area contributed by atoms with Gasteiger partial charge in [0.1, 0.15) is 11.4 Å². The first-order valence-corrected chi connectivity index (χ1v) is 21.3. The van der Waals surface area contributed by atoms with Gasteiger partial charge in [0, 0.05) is 109 Å². The predicted octanol–water partition coefficient (Wildman–Crippen LogP) is 5.91. The third kappa shape index (κ3) is 18.2. The third-order valence-electron chi connectivity index (χ3n) is 9.17. The first-order valence-electron chi connectivity index (χ1n) is 19.7. The van der Waals surface area contributed by atoms with Gasteiger partial charge in [-0.05, 0) is 93.0 Å². The minimum atomic E-state index is 0. The summed E-state index contributed by atoms with van der Waals surface area (Å²) in [7, 11) is 2.06. The molecule has 2 aromatic rings. The summed E-state index contributed by atoms with van der Waals surface area (Å²) in [5, 5.41) is 37.1. The SMILES string of the molecule is CCN(CC)/C([S-])=N/N=C(C)/C(=N/N=C(\[S-])N(CC)CC)c1ccc(N(C)CCCN(CC)/C([S-])=N/N=C(/C(C)=N/N=C(\[S-])N(CC)CC)c2ccc(N)cc2)cc1.[Cu+2].[Cu+2]. The van der Waals surface area contributed by atoms with Crippen LogP contribution in [0.25, 0.3) is 0 Å². The fourth-order valence-corrected chi connectivity index (χ4v) is 6.62. The molecule has 0 bridgehead atoms. The molecule has 20 heteroatoms. The van der Waals surface area contributed by atoms with Crippen molar-refractivity contribution >= 4 is 105 Å². The van der Waals surface area contributed by atoms with Crippen LogP contribution in [0.15, 0.2) is 89.3 Å². The van der Waals surface area contributed by atoms with Gasteiger partial charge in [0.2, 0.25) is 0 Å². The van der Waals surface area contributed by atoms with E-state index >= 15 is 0 Å². The van der Waals surface area contributed by atoms with Crippen LogP contribution in [0.3, 0.4) is 0 Å². The second kappa shape index (κ2) is 30.5. The molecule has 60 heavy (non-hydrogen) atoms. The van der Waals surface area contributed by atoms with Crippen molar-refractivity contribution in [2.45, 2.75) is 68.7 Å². The molecular weight excluding hydrogens is 932 g/mol. The molecule has 0 unspecified atom stereocenters. The van der Waals surface area contributed by atoms with E-state index in [1.165, 1.54) is 0 Å². The molecule has 0 saturated carbocycles. The minimum Gasteiger partial charge on any atom is -0.741 e. The molecule has 0 aromatic heterocycles. The summed E-state index contributed by atoms with van der Waals surface area (Å²) >= 11 is 22.2. The van der Waals surface area contributed by atoms with Gasteiger partial charge in [-0.1, -0.05) is 24.3 Å². The first kappa shape index (κ1) is 56.5. The van der Waals surface area contributed by atoms with E-state index in [-0.39, 0.29) is 34.1 Å². The molecular formula is C40H60Cu2N14S4. The smallest absolute Gasteiger partial charge is 0.741 e. The van der Waals surface area contributed by atoms with Crippen molar-refractivity contribution < 1.29 is 34.1 Å². The molecule has 336 valence electrons. The summed E-state index contributed by atoms with van der Waals surface area (Å²) in [6.07, 6.45) is 0.826. The number of benzene rings is 2. The molecule has 2 radical (unpaired) electrons. The van der Waals surface area contributed by atoms with Crippen molar-refractivity contribution in [3.8, 4) is 0 Å². The van der Waals surface area contributed by atoms with Gasteiger partial charge in [-0.2, -0.15) is 30.6 Å². The summed E-state index contributed by atoms with van der Waals surface area (Å²) in [6.45, 7) is 24.5. The number of nitrogens with zero attached hydrogens (tertiary/aromatic N) is 13. The van der Waals surface area contributed by atoms with Crippen molar-refractivity contribution in [1.29, 1.82) is 0 Å². The Kier molecular flexibility index (Phi) is 28.8. The van der Waals surface area contributed by atoms with Crippen molar-refractivity contribution in [2.75, 3.05) is 76.6 Å². The third-order valence-corrected chi connectivity index (χ3v) is 10.5. The van der Waals surface area contributed by atoms with E-state index in [1.54, 1.807) is 12.1 Å². The molecule has 0 heterocycles. The Morgan fingerprint density at radius 1 is 0.467 bits per heavy atom. The van der Waals surface area contributed by atoms with Gasteiger partial charge >= 0.3 is 34.1 Å². The molecule has 0 aliphatic rings. The van der Waals surface area contributed by atoms with Crippen molar-refractivity contribution in [3.05, 3.63) is 59.7 Å². The summed E-state index contributed by atoms with van der Waals surface area (Å²) in [6, 6.07) is 15.5. The largest absolute Gasteiger partial charge is 2.00 e. The second-order valence-corrected chi connectivity index (χ2v) is 14.3. The van der Waals surface area contributed by atoms with Gasteiger partial charge in [0.05, 0.1) is 11.4 Å². The van der Waals surface area contributed by atoms with Gasteiger partial charge in [-0.3, -0.25) is 0 Å². The van der Waals surface area contributed by atoms with E-state index in [2.05, 4.69) is 64.9 Å². The normalized spacial score (nSPS) is 13.4. The Hall–Kier alpha value is -3.48. The molecule has 0 spiro atoms. The topological polar surface area (TPSA) is 141 Å². The van der Waals surface area contributed by atoms with Crippen molar-refractivity contribution in [3.63, 3.8) is 0 Å². The molecule has 0 aliphatic carbocycles. The van der Waals surface area contributed by atoms with Gasteiger partial charge in [-0.25, -0.2) is 0 Å². The van der Waals surface area contributed by atoms with Gasteiger partial charge in [0.15, 0.2) is 0 Å². The predicted molar refractivity (Wildman–Crippen MR) is 260 cm³/mol. The maximum atomic E-state index is 5.96. The maximum Gasteiger partial charge on any atom is 2.00 e. The Morgan fingerprint density at radius 2 is 0.783 bits per heavy atom. The van der Waals surface area contributed by atoms with Gasteiger partial charge in [-0.15, -0.1) is 10.2 Å². The summed E-state index contributed by atoms with van der Waals surface area (Å²) in [4.78, 5) is 10.1. The zero-order valence-electron chi connectivity index (χ0n) is 36.3. The van der Waals surface area contributed by atoms with Crippen molar-refractivity contribution in [2.24, 2.45) is 40.8 Å². The van der Waals surface area contributed by atoms with Crippen LogP contribution < -0.4 is 10.6 Å². The molecule has 2 N–H and O–H groups in total. The number of rotatable bonds is 20. The number of anilines is 2. The Labute approximate surface area is 402 Å². The number of amidine groups is 4. The summed E-state index contributed by atoms with van der Waals surface area (Å²) in [5.41, 5.74) is 11.5. The maximum absolute atomic E-state index is 5.96. The summed E-state index contributed by atoms with van der Waals surface area (Å²) < 4.78 is 0. The van der Waals surface area contributed by atoms with Crippen LogP contribution in [-0.2, 0) is 84.7 Å². The average molecular weight is 992 g/mol. The van der Waals surface area contributed by atoms with E-state index in [9.17, 15) is 0 Å². The number of hydrogen-bond acceptors (Lipinski definition) is 14. The standard InChI is InChI=1S/C40H64N14S4.2Cu/c1-11-51(12-2)37(55)46-42-29(8)35(31-19-23-33(41)24-20-31)45-49-40(58)54(17-7)28-18-27-50(10)34-25-21-32(22-26-34)36(44-48-39(57)53(15-5)16-6)30(9)43-47-38(56)52(13-3)14-4;;/h19-26H,11-18,27-28,41H2,1-10H3,(H,46,55)(H,47,56)(H,48,57)(H,49,58);;/q;2*+2/p-4/b42-29+,43-30+,44-36-,45-35-;;. The number of nitrogen functional groups attached to an aromatic ring is 1. The van der Waals surface area contributed by atoms with Crippen LogP contribution in [0, 0.1) is 0 Å². The average Bonchev–Trinajstić information content (AvgIpc) is 3.22. The minimum absolute atomic E-state index is 0. The van der Waals surface area contributed by atoms with Crippen molar-refractivity contribution in [1.82, 2.24) is 19.6 Å². The van der Waals surface area contributed by atoms with Crippen LogP contribution in [0.5, 0.6) is 0 Å². The number of hydrogen-bond donors (Lipinski definition) is 1. The molecule has 0 aliphatic heterocycles. The van der Waals surface area contributed by atoms with Crippen LogP contribution in [0.2, 0.25) is 0 Å². The van der Waals surface area contributed by atoms with Gasteiger partial charge in [0.25, 0.3) is 0 Å². The molecule has 0 amide bonds. The van der Waals surface area contributed by atoms with E-state index in [4.69, 9.17) is 56.2 Å². The van der Waals surface area contributed by atoms with E-state index < -0.39 is 0 Å². The van der Waals surface area contributed by atoms with Crippen LogP contribution in [0.4, 0.5) is 11.4 Å². The molecule has 2 rings (SSSR count). The van der Waals surface area contributed by atoms with Crippen LogP contribution in [-0.4, -0.2) is 129 Å². The monoisotopic (exact) mass is 990 g/mol. The van der Waals surface area contributed by atoms with Gasteiger partial charge < -0.3 is 80.7 Å². The van der Waals surface area contributed by atoms with Crippen LogP contribution >= 0.6 is 0 Å². The zero-order chi connectivity index (χ0) is 43.2. The fraction of sp³-hybridized carbons (Fsp3) is 0.500. The Morgan fingerprint density at radius 3 is 1.13 bits per heavy atom. The van der Waals surface area contributed by atoms with E-state index in [0.29, 0.717) is 62.3 Å². The van der Waals surface area contributed by atoms with E-state index in [1.807, 2.05) is 106 Å². The molecule has 0 saturated heterocycles. The quantitative estimate of drug-likeness (QED) is 0.0426. The molecule has 0 atom stereocenters. The molecule has 0 fully saturated rings. The fourth-order valence-electron chi connectivity index (χ4n) is 5.46. The molecule has 14 nitrogen and oxygen atoms in total. The Balaban J connectivity index is 0.0000174.